The Morgan fingerprint density at radius 1 is 1.21 bits per heavy atom. The molecule has 28 heavy (non-hydrogen) atoms. The summed E-state index contributed by atoms with van der Waals surface area (Å²) < 4.78 is 13.9. The molecule has 1 aliphatic rings. The van der Waals surface area contributed by atoms with Gasteiger partial charge in [-0.1, -0.05) is 29.8 Å². The molecule has 5 nitrogen and oxygen atoms in total. The molecule has 0 atom stereocenters. The smallest absolute Gasteiger partial charge is 0.169 e. The topological polar surface area (TPSA) is 75.0 Å². The maximum absolute atomic E-state index is 13.9. The van der Waals surface area contributed by atoms with Crippen molar-refractivity contribution in [2.24, 2.45) is 0 Å². The van der Waals surface area contributed by atoms with Gasteiger partial charge in [0.1, 0.15) is 17.3 Å². The Kier molecular flexibility index (Phi) is 4.86. The molecule has 0 saturated heterocycles. The molecule has 2 heterocycles. The SMILES string of the molecule is Cc1ccc(F)c(CC(=O)Cc2ccc(N3CCCc4[nH]nc(N)c43)cc2)c1. The van der Waals surface area contributed by atoms with Gasteiger partial charge in [-0.3, -0.25) is 9.89 Å². The van der Waals surface area contributed by atoms with Crippen molar-refractivity contribution in [2.75, 3.05) is 17.2 Å². The molecule has 6 heteroatoms. The van der Waals surface area contributed by atoms with Gasteiger partial charge in [-0.15, -0.1) is 0 Å². The fourth-order valence-electron chi connectivity index (χ4n) is 3.78. The zero-order valence-electron chi connectivity index (χ0n) is 15.8. The first kappa shape index (κ1) is 18.2. The van der Waals surface area contributed by atoms with Gasteiger partial charge in [-0.05, 0) is 49.1 Å². The number of halogens is 1. The average molecular weight is 378 g/mol. The number of aromatic amines is 1. The van der Waals surface area contributed by atoms with Crippen molar-refractivity contribution >= 4 is 23.0 Å². The number of hydrogen-bond acceptors (Lipinski definition) is 4. The maximum Gasteiger partial charge on any atom is 0.169 e. The van der Waals surface area contributed by atoms with Crippen LogP contribution in [-0.4, -0.2) is 22.5 Å². The lowest BCUT2D eigenvalue weighted by atomic mass is 10.0. The molecule has 1 aromatic heterocycles. The van der Waals surface area contributed by atoms with Crippen LogP contribution in [0.5, 0.6) is 0 Å². The van der Waals surface area contributed by atoms with E-state index in [1.54, 1.807) is 12.1 Å². The number of anilines is 3. The molecule has 0 bridgehead atoms. The van der Waals surface area contributed by atoms with Crippen LogP contribution >= 0.6 is 0 Å². The lowest BCUT2D eigenvalue weighted by molar-refractivity contribution is -0.117. The fraction of sp³-hybridized carbons (Fsp3) is 0.273. The van der Waals surface area contributed by atoms with Gasteiger partial charge in [-0.25, -0.2) is 4.39 Å². The van der Waals surface area contributed by atoms with Gasteiger partial charge in [0.25, 0.3) is 0 Å². The predicted molar refractivity (Wildman–Crippen MR) is 108 cm³/mol. The number of fused-ring (bicyclic) bond motifs is 1. The molecule has 0 spiro atoms. The van der Waals surface area contributed by atoms with Crippen LogP contribution in [0, 0.1) is 12.7 Å². The summed E-state index contributed by atoms with van der Waals surface area (Å²) in [5.41, 5.74) is 11.4. The molecule has 0 unspecified atom stereocenters. The van der Waals surface area contributed by atoms with Crippen LogP contribution in [0.3, 0.4) is 0 Å². The normalized spacial score (nSPS) is 13.4. The minimum Gasteiger partial charge on any atom is -0.380 e. The molecule has 0 amide bonds. The number of nitrogens with zero attached hydrogens (tertiary/aromatic N) is 2. The molecule has 0 fully saturated rings. The van der Waals surface area contributed by atoms with Gasteiger partial charge in [0.15, 0.2) is 5.82 Å². The molecule has 1 aliphatic heterocycles. The van der Waals surface area contributed by atoms with E-state index in [1.165, 1.54) is 6.07 Å². The van der Waals surface area contributed by atoms with Crippen molar-refractivity contribution in [1.29, 1.82) is 0 Å². The summed E-state index contributed by atoms with van der Waals surface area (Å²) in [7, 11) is 0. The third kappa shape index (κ3) is 3.63. The number of H-pyrrole nitrogens is 1. The summed E-state index contributed by atoms with van der Waals surface area (Å²) in [6.45, 7) is 2.77. The molecule has 0 saturated carbocycles. The Labute approximate surface area is 163 Å². The van der Waals surface area contributed by atoms with E-state index < -0.39 is 0 Å². The number of benzene rings is 2. The molecular formula is C22H23FN4O. The first-order chi connectivity index (χ1) is 13.5. The number of rotatable bonds is 5. The number of nitrogens with two attached hydrogens (primary N) is 1. The summed E-state index contributed by atoms with van der Waals surface area (Å²) in [4.78, 5) is 14.6. The number of ketones is 1. The van der Waals surface area contributed by atoms with Crippen molar-refractivity contribution in [2.45, 2.75) is 32.6 Å². The minimum atomic E-state index is -0.326. The van der Waals surface area contributed by atoms with Gasteiger partial charge in [0.05, 0.1) is 5.69 Å². The predicted octanol–water partition coefficient (Wildman–Crippen LogP) is 3.88. The van der Waals surface area contributed by atoms with E-state index in [-0.39, 0.29) is 24.4 Å². The second kappa shape index (κ2) is 7.46. The summed E-state index contributed by atoms with van der Waals surface area (Å²) in [6, 6.07) is 12.8. The number of aryl methyl sites for hydroxylation is 2. The second-order valence-electron chi connectivity index (χ2n) is 7.34. The van der Waals surface area contributed by atoms with E-state index in [4.69, 9.17) is 5.73 Å². The Balaban J connectivity index is 1.46. The highest BCUT2D eigenvalue weighted by molar-refractivity contribution is 5.83. The van der Waals surface area contributed by atoms with Crippen LogP contribution in [0.4, 0.5) is 21.6 Å². The number of carbonyl (C=O) groups is 1. The van der Waals surface area contributed by atoms with E-state index in [0.29, 0.717) is 11.4 Å². The summed E-state index contributed by atoms with van der Waals surface area (Å²) in [6.07, 6.45) is 2.36. The van der Waals surface area contributed by atoms with Crippen LogP contribution in [-0.2, 0) is 24.1 Å². The Morgan fingerprint density at radius 3 is 2.79 bits per heavy atom. The molecule has 4 rings (SSSR count). The van der Waals surface area contributed by atoms with Gasteiger partial charge in [0, 0.05) is 25.1 Å². The van der Waals surface area contributed by atoms with Crippen LogP contribution in [0.15, 0.2) is 42.5 Å². The van der Waals surface area contributed by atoms with E-state index in [0.717, 1.165) is 47.6 Å². The monoisotopic (exact) mass is 378 g/mol. The van der Waals surface area contributed by atoms with Gasteiger partial charge in [-0.2, -0.15) is 5.10 Å². The summed E-state index contributed by atoms with van der Waals surface area (Å²) >= 11 is 0. The fourth-order valence-corrected chi connectivity index (χ4v) is 3.78. The van der Waals surface area contributed by atoms with Crippen LogP contribution in [0.2, 0.25) is 0 Å². The Bertz CT molecular complexity index is 1010. The van der Waals surface area contributed by atoms with Crippen molar-refractivity contribution < 1.29 is 9.18 Å². The van der Waals surface area contributed by atoms with E-state index >= 15 is 0 Å². The highest BCUT2D eigenvalue weighted by atomic mass is 19.1. The number of nitrogens with one attached hydrogen (secondary N) is 1. The lowest BCUT2D eigenvalue weighted by Crippen LogP contribution is -2.24. The molecule has 0 aliphatic carbocycles. The van der Waals surface area contributed by atoms with E-state index in [1.807, 2.05) is 31.2 Å². The highest BCUT2D eigenvalue weighted by Gasteiger charge is 2.23. The van der Waals surface area contributed by atoms with Crippen molar-refractivity contribution in [3.05, 3.63) is 70.7 Å². The number of hydrogen-bond donors (Lipinski definition) is 2. The van der Waals surface area contributed by atoms with Gasteiger partial charge in [0.2, 0.25) is 0 Å². The van der Waals surface area contributed by atoms with Crippen LogP contribution in [0.1, 0.15) is 28.8 Å². The minimum absolute atomic E-state index is 0.00316. The first-order valence-corrected chi connectivity index (χ1v) is 9.47. The Morgan fingerprint density at radius 2 is 2.00 bits per heavy atom. The molecular weight excluding hydrogens is 355 g/mol. The zero-order chi connectivity index (χ0) is 19.7. The van der Waals surface area contributed by atoms with Crippen LogP contribution in [0.25, 0.3) is 0 Å². The second-order valence-corrected chi connectivity index (χ2v) is 7.34. The van der Waals surface area contributed by atoms with Crippen LogP contribution < -0.4 is 10.6 Å². The maximum atomic E-state index is 13.9. The van der Waals surface area contributed by atoms with Gasteiger partial charge < -0.3 is 10.6 Å². The van der Waals surface area contributed by atoms with Crippen molar-refractivity contribution in [3.8, 4) is 0 Å². The average Bonchev–Trinajstić information content (AvgIpc) is 3.07. The molecule has 2 aromatic carbocycles. The molecule has 3 aromatic rings. The largest absolute Gasteiger partial charge is 0.380 e. The number of aromatic nitrogens is 2. The highest BCUT2D eigenvalue weighted by Crippen LogP contribution is 2.36. The summed E-state index contributed by atoms with van der Waals surface area (Å²) in [5.74, 6) is 0.179. The number of nitrogen functional groups attached to an aromatic ring is 1. The molecule has 0 radical (unpaired) electrons. The van der Waals surface area contributed by atoms with Crippen molar-refractivity contribution in [3.63, 3.8) is 0 Å². The number of carbonyl (C=O) groups excluding carboxylic acids is 1. The standard InChI is InChI=1S/C22H23FN4O/c1-14-4-9-19(23)16(11-14)13-18(28)12-15-5-7-17(8-6-15)27-10-2-3-20-21(27)22(24)26-25-20/h4-9,11H,2-3,10,12-13H2,1H3,(H3,24,25,26). The summed E-state index contributed by atoms with van der Waals surface area (Å²) in [5, 5.41) is 7.12. The van der Waals surface area contributed by atoms with Gasteiger partial charge >= 0.3 is 0 Å². The molecule has 144 valence electrons. The Hall–Kier alpha value is -3.15. The quantitative estimate of drug-likeness (QED) is 0.707. The van der Waals surface area contributed by atoms with E-state index in [9.17, 15) is 9.18 Å². The molecule has 3 N–H and O–H groups in total. The number of Topliss-reactive ketones (excluding diaryl/α,β-unsaturated/α-hetero) is 1. The first-order valence-electron chi connectivity index (χ1n) is 9.47. The third-order valence-electron chi connectivity index (χ3n) is 5.16. The zero-order valence-corrected chi connectivity index (χ0v) is 15.8. The lowest BCUT2D eigenvalue weighted by Gasteiger charge is -2.29. The van der Waals surface area contributed by atoms with Crippen molar-refractivity contribution in [1.82, 2.24) is 10.2 Å². The van der Waals surface area contributed by atoms with E-state index in [2.05, 4.69) is 15.1 Å². The third-order valence-corrected chi connectivity index (χ3v) is 5.16.